The van der Waals surface area contributed by atoms with Gasteiger partial charge in [0.1, 0.15) is 5.75 Å². The number of amides is 2. The van der Waals surface area contributed by atoms with Crippen LogP contribution in [0.5, 0.6) is 11.8 Å². The van der Waals surface area contributed by atoms with Crippen molar-refractivity contribution >= 4 is 11.7 Å². The highest BCUT2D eigenvalue weighted by atomic mass is 16.5. The molecule has 3 rings (SSSR count). The Morgan fingerprint density at radius 1 is 1.04 bits per heavy atom. The van der Waals surface area contributed by atoms with Crippen LogP contribution in [0.1, 0.15) is 16.7 Å². The van der Waals surface area contributed by atoms with Crippen molar-refractivity contribution in [1.29, 1.82) is 0 Å². The number of carbonyl (C=O) groups is 1. The molecule has 1 aromatic heterocycles. The summed E-state index contributed by atoms with van der Waals surface area (Å²) in [6.45, 7) is 4.50. The Morgan fingerprint density at radius 3 is 2.48 bits per heavy atom. The molecule has 3 aromatic rings. The van der Waals surface area contributed by atoms with Gasteiger partial charge in [-0.15, -0.1) is 0 Å². The maximum Gasteiger partial charge on any atom is 0.321 e. The van der Waals surface area contributed by atoms with E-state index in [1.54, 1.807) is 36.5 Å². The van der Waals surface area contributed by atoms with E-state index >= 15 is 0 Å². The molecule has 0 spiro atoms. The maximum absolute atomic E-state index is 12.5. The summed E-state index contributed by atoms with van der Waals surface area (Å²) in [5, 5.41) is 2.94. The largest absolute Gasteiger partial charge is 0.424 e. The molecule has 2 aromatic carbocycles. The number of aromatic nitrogens is 2. The number of aryl methyl sites for hydroxylation is 2. The van der Waals surface area contributed by atoms with Crippen LogP contribution in [-0.2, 0) is 6.54 Å². The van der Waals surface area contributed by atoms with E-state index in [2.05, 4.69) is 15.3 Å². The zero-order valence-electron chi connectivity index (χ0n) is 15.6. The molecule has 0 saturated heterocycles. The average molecular weight is 362 g/mol. The fourth-order valence-electron chi connectivity index (χ4n) is 2.61. The lowest BCUT2D eigenvalue weighted by atomic mass is 10.1. The predicted molar refractivity (Wildman–Crippen MR) is 105 cm³/mol. The van der Waals surface area contributed by atoms with E-state index in [0.29, 0.717) is 12.3 Å². The lowest BCUT2D eigenvalue weighted by molar-refractivity contribution is 0.220. The van der Waals surface area contributed by atoms with Crippen LogP contribution in [0.4, 0.5) is 10.5 Å². The summed E-state index contributed by atoms with van der Waals surface area (Å²) in [6.07, 6.45) is 3.24. The van der Waals surface area contributed by atoms with Crippen molar-refractivity contribution < 1.29 is 9.53 Å². The molecule has 0 bridgehead atoms. The third-order valence-electron chi connectivity index (χ3n) is 4.21. The Morgan fingerprint density at radius 2 is 1.78 bits per heavy atom. The summed E-state index contributed by atoms with van der Waals surface area (Å²) in [5.74, 6) is 0.616. The van der Waals surface area contributed by atoms with Gasteiger partial charge in [-0.1, -0.05) is 24.3 Å². The minimum atomic E-state index is -0.165. The molecule has 1 N–H and O–H groups in total. The first-order chi connectivity index (χ1) is 13.0. The molecule has 1 heterocycles. The molecule has 6 nitrogen and oxygen atoms in total. The normalized spacial score (nSPS) is 10.3. The van der Waals surface area contributed by atoms with Crippen molar-refractivity contribution in [2.24, 2.45) is 0 Å². The Bertz CT molecular complexity index is 928. The number of ether oxygens (including phenoxy) is 1. The molecule has 0 saturated carbocycles. The first-order valence-corrected chi connectivity index (χ1v) is 8.65. The van der Waals surface area contributed by atoms with Crippen molar-refractivity contribution in [3.63, 3.8) is 0 Å². The van der Waals surface area contributed by atoms with Gasteiger partial charge >= 0.3 is 12.0 Å². The number of urea groups is 1. The van der Waals surface area contributed by atoms with Crippen molar-refractivity contribution in [1.82, 2.24) is 14.9 Å². The second-order valence-corrected chi connectivity index (χ2v) is 6.32. The van der Waals surface area contributed by atoms with Crippen molar-refractivity contribution in [2.45, 2.75) is 20.4 Å². The molecule has 2 amide bonds. The van der Waals surface area contributed by atoms with Crippen LogP contribution in [0, 0.1) is 13.8 Å². The maximum atomic E-state index is 12.5. The lowest BCUT2D eigenvalue weighted by Gasteiger charge is -2.20. The number of rotatable bonds is 5. The van der Waals surface area contributed by atoms with Gasteiger partial charge in [0.05, 0.1) is 0 Å². The molecule has 0 radical (unpaired) electrons. The standard InChI is InChI=1S/C21H22N4O2/c1-15-7-4-5-8-17(15)14-25(3)21(26)24-19-10-9-18(13-16(19)2)27-20-22-11-6-12-23-20/h4-13H,14H2,1-3H3,(H,24,26). The summed E-state index contributed by atoms with van der Waals surface area (Å²) < 4.78 is 5.61. The predicted octanol–water partition coefficient (Wildman–Crippen LogP) is 4.55. The van der Waals surface area contributed by atoms with Gasteiger partial charge in [-0.3, -0.25) is 0 Å². The van der Waals surface area contributed by atoms with E-state index in [0.717, 1.165) is 22.4 Å². The van der Waals surface area contributed by atoms with Gasteiger partial charge in [-0.2, -0.15) is 0 Å². The van der Waals surface area contributed by atoms with Gasteiger partial charge < -0.3 is 15.0 Å². The molecule has 6 heteroatoms. The molecule has 0 aliphatic heterocycles. The van der Waals surface area contributed by atoms with Crippen LogP contribution in [0.2, 0.25) is 0 Å². The minimum Gasteiger partial charge on any atom is -0.424 e. The van der Waals surface area contributed by atoms with Crippen LogP contribution < -0.4 is 10.1 Å². The zero-order chi connectivity index (χ0) is 19.2. The zero-order valence-corrected chi connectivity index (χ0v) is 15.6. The molecule has 0 aliphatic rings. The van der Waals surface area contributed by atoms with E-state index < -0.39 is 0 Å². The summed E-state index contributed by atoms with van der Waals surface area (Å²) in [5.41, 5.74) is 3.91. The number of nitrogens with one attached hydrogen (secondary N) is 1. The van der Waals surface area contributed by atoms with E-state index in [1.807, 2.05) is 50.2 Å². The third-order valence-corrected chi connectivity index (χ3v) is 4.21. The van der Waals surface area contributed by atoms with Crippen LogP contribution >= 0.6 is 0 Å². The number of hydrogen-bond acceptors (Lipinski definition) is 4. The van der Waals surface area contributed by atoms with Gasteiger partial charge in [0.15, 0.2) is 0 Å². The first-order valence-electron chi connectivity index (χ1n) is 8.65. The van der Waals surface area contributed by atoms with E-state index in [1.165, 1.54) is 0 Å². The fourth-order valence-corrected chi connectivity index (χ4v) is 2.61. The van der Waals surface area contributed by atoms with Gasteiger partial charge in [0.25, 0.3) is 0 Å². The quantitative estimate of drug-likeness (QED) is 0.723. The van der Waals surface area contributed by atoms with Gasteiger partial charge in [-0.25, -0.2) is 14.8 Å². The Balaban J connectivity index is 1.64. The number of carbonyl (C=O) groups excluding carboxylic acids is 1. The van der Waals surface area contributed by atoms with Crippen LogP contribution in [-0.4, -0.2) is 27.9 Å². The highest BCUT2D eigenvalue weighted by Crippen LogP contribution is 2.24. The monoisotopic (exact) mass is 362 g/mol. The number of benzene rings is 2. The van der Waals surface area contributed by atoms with Crippen molar-refractivity contribution in [3.8, 4) is 11.8 Å². The van der Waals surface area contributed by atoms with Gasteiger partial charge in [0, 0.05) is 31.7 Å². The second kappa shape index (κ2) is 8.31. The van der Waals surface area contributed by atoms with E-state index in [4.69, 9.17) is 4.74 Å². The van der Waals surface area contributed by atoms with Gasteiger partial charge in [-0.05, 0) is 54.8 Å². The van der Waals surface area contributed by atoms with Crippen molar-refractivity contribution in [3.05, 3.63) is 77.6 Å². The highest BCUT2D eigenvalue weighted by Gasteiger charge is 2.12. The number of anilines is 1. The molecule has 0 atom stereocenters. The van der Waals surface area contributed by atoms with Crippen molar-refractivity contribution in [2.75, 3.05) is 12.4 Å². The number of nitrogens with zero attached hydrogens (tertiary/aromatic N) is 3. The SMILES string of the molecule is Cc1ccccc1CN(C)C(=O)Nc1ccc(Oc2ncccn2)cc1C. The average Bonchev–Trinajstić information content (AvgIpc) is 2.66. The molecular weight excluding hydrogens is 340 g/mol. The summed E-state index contributed by atoms with van der Waals surface area (Å²) in [7, 11) is 1.78. The van der Waals surface area contributed by atoms with Crippen LogP contribution in [0.3, 0.4) is 0 Å². The molecule has 27 heavy (non-hydrogen) atoms. The second-order valence-electron chi connectivity index (χ2n) is 6.32. The molecule has 0 fully saturated rings. The molecular formula is C21H22N4O2. The topological polar surface area (TPSA) is 67.4 Å². The molecule has 0 aliphatic carbocycles. The lowest BCUT2D eigenvalue weighted by Crippen LogP contribution is -2.31. The Labute approximate surface area is 158 Å². The Kier molecular flexibility index (Phi) is 5.66. The van der Waals surface area contributed by atoms with E-state index in [-0.39, 0.29) is 12.0 Å². The smallest absolute Gasteiger partial charge is 0.321 e. The third kappa shape index (κ3) is 4.82. The summed E-state index contributed by atoms with van der Waals surface area (Å²) in [6, 6.07) is 15.3. The van der Waals surface area contributed by atoms with Crippen LogP contribution in [0.15, 0.2) is 60.9 Å². The minimum absolute atomic E-state index is 0.165. The highest BCUT2D eigenvalue weighted by molar-refractivity contribution is 5.90. The van der Waals surface area contributed by atoms with E-state index in [9.17, 15) is 4.79 Å². The first kappa shape index (κ1) is 18.4. The van der Waals surface area contributed by atoms with Gasteiger partial charge in [0.2, 0.25) is 0 Å². The summed E-state index contributed by atoms with van der Waals surface area (Å²) >= 11 is 0. The fraction of sp³-hybridized carbons (Fsp3) is 0.190. The van der Waals surface area contributed by atoms with Crippen LogP contribution in [0.25, 0.3) is 0 Å². The Hall–Kier alpha value is -3.41. The molecule has 0 unspecified atom stereocenters. The summed E-state index contributed by atoms with van der Waals surface area (Å²) in [4.78, 5) is 22.2. The number of hydrogen-bond donors (Lipinski definition) is 1. The molecule has 138 valence electrons.